The molecule has 0 saturated heterocycles. The molecule has 1 nitrogen and oxygen atoms in total. The van der Waals surface area contributed by atoms with E-state index in [4.69, 9.17) is 4.74 Å². The van der Waals surface area contributed by atoms with Gasteiger partial charge in [0.25, 0.3) is 0 Å². The van der Waals surface area contributed by atoms with Gasteiger partial charge in [-0.1, -0.05) is 184 Å². The number of methoxy groups -OCH3 is 1. The normalized spacial score (nSPS) is 13.7. The quantitative estimate of drug-likeness (QED) is 0.126. The summed E-state index contributed by atoms with van der Waals surface area (Å²) in [7, 11) is 1.31. The van der Waals surface area contributed by atoms with Crippen molar-refractivity contribution in [2.24, 2.45) is 0 Å². The molecule has 0 amide bonds. The van der Waals surface area contributed by atoms with Crippen molar-refractivity contribution in [1.82, 2.24) is 0 Å². The Morgan fingerprint density at radius 3 is 1.54 bits per heavy atom. The summed E-state index contributed by atoms with van der Waals surface area (Å²) in [4.78, 5) is 0. The van der Waals surface area contributed by atoms with Crippen LogP contribution in [0.25, 0.3) is 43.8 Å². The van der Waals surface area contributed by atoms with E-state index in [-0.39, 0.29) is 53.3 Å². The maximum absolute atomic E-state index is 6.14. The van der Waals surface area contributed by atoms with Crippen LogP contribution in [0, 0.1) is 13.8 Å². The van der Waals surface area contributed by atoms with Crippen molar-refractivity contribution in [2.45, 2.75) is 177 Å². The molecule has 3 heteroatoms. The van der Waals surface area contributed by atoms with Crippen LogP contribution in [-0.4, -0.2) is 15.9 Å². The van der Waals surface area contributed by atoms with Gasteiger partial charge in [0.05, 0.1) is 7.11 Å². The Balaban J connectivity index is 0.000000227. The molecular formula is C58H77OSiZr. The van der Waals surface area contributed by atoms with Crippen LogP contribution in [0.3, 0.4) is 0 Å². The van der Waals surface area contributed by atoms with Gasteiger partial charge in [-0.05, 0) is 90.8 Å². The molecule has 0 heterocycles. The third-order valence-corrected chi connectivity index (χ3v) is 14.7. The van der Waals surface area contributed by atoms with Gasteiger partial charge in [0, 0.05) is 8.80 Å². The van der Waals surface area contributed by atoms with E-state index in [9.17, 15) is 0 Å². The number of hydrogen-bond donors (Lipinski definition) is 0. The van der Waals surface area contributed by atoms with Crippen molar-refractivity contribution >= 4 is 35.5 Å². The zero-order valence-corrected chi connectivity index (χ0v) is 45.3. The minimum atomic E-state index is -0.503. The molecule has 0 bridgehead atoms. The van der Waals surface area contributed by atoms with Crippen molar-refractivity contribution in [3.8, 4) is 28.0 Å². The van der Waals surface area contributed by atoms with Crippen molar-refractivity contribution < 1.29 is 30.9 Å². The molecule has 0 fully saturated rings. The van der Waals surface area contributed by atoms with Gasteiger partial charge in [-0.3, -0.25) is 0 Å². The number of aryl methyl sites for hydroxylation is 3. The fraction of sp³-hybridized carbons (Fsp3) is 0.483. The number of rotatable bonds is 4. The summed E-state index contributed by atoms with van der Waals surface area (Å²) < 4.78 is 6.14. The predicted octanol–water partition coefficient (Wildman–Crippen LogP) is 16.0. The Kier molecular flexibility index (Phi) is 13.8. The van der Waals surface area contributed by atoms with E-state index in [1.165, 1.54) is 91.1 Å². The van der Waals surface area contributed by atoms with Gasteiger partial charge in [0.1, 0.15) is 5.75 Å². The summed E-state index contributed by atoms with van der Waals surface area (Å²) in [5.74, 6) is 1.01. The van der Waals surface area contributed by atoms with Gasteiger partial charge in [0.15, 0.2) is 0 Å². The van der Waals surface area contributed by atoms with Crippen molar-refractivity contribution in [2.75, 3.05) is 7.11 Å². The standard InChI is InChI=1S/C29H39O.C29H38Si.Zr/c1-18-14-19-16-24(29(8,9)10)26(30-11)25(22(19)15-18)21-13-12-20(27(2,3)4)17-23(21)28(5,6)7;1-18-15-23-24(27(18)30(8)9)16-19-11-10-12-21(19)26(23)22-14-13-20(28(2,3)4)17-25(22)29(5,6)7;/h12-17H,1-11H3;13-17H,10-12H2,1-9H3;/q2*-1;+2. The second kappa shape index (κ2) is 17.2. The van der Waals surface area contributed by atoms with Crippen LogP contribution in [0.15, 0.2) is 66.7 Å². The fourth-order valence-electron chi connectivity index (χ4n) is 9.82. The van der Waals surface area contributed by atoms with Crippen LogP contribution in [0.1, 0.15) is 160 Å². The maximum Gasteiger partial charge on any atom is 2.00 e. The van der Waals surface area contributed by atoms with Crippen LogP contribution in [0.2, 0.25) is 13.1 Å². The van der Waals surface area contributed by atoms with Gasteiger partial charge in [-0.25, -0.2) is 0 Å². The largest absolute Gasteiger partial charge is 2.00 e. The first-order chi connectivity index (χ1) is 27.5. The Labute approximate surface area is 393 Å². The number of ether oxygens (including phenoxy) is 1. The second-order valence-corrected chi connectivity index (χ2v) is 26.0. The first kappa shape index (κ1) is 49.0. The van der Waals surface area contributed by atoms with Crippen LogP contribution in [-0.2, 0) is 66.1 Å². The third kappa shape index (κ3) is 9.75. The Morgan fingerprint density at radius 2 is 1.08 bits per heavy atom. The van der Waals surface area contributed by atoms with Crippen LogP contribution in [0.4, 0.5) is 0 Å². The summed E-state index contributed by atoms with van der Waals surface area (Å²) in [6, 6.07) is 26.4. The average molecular weight is 910 g/mol. The zero-order valence-electron chi connectivity index (χ0n) is 41.9. The summed E-state index contributed by atoms with van der Waals surface area (Å²) in [5.41, 5.74) is 18.9. The molecule has 1 radical (unpaired) electrons. The molecule has 0 unspecified atom stereocenters. The first-order valence-corrected chi connectivity index (χ1v) is 25.2. The van der Waals surface area contributed by atoms with Crippen molar-refractivity contribution in [1.29, 1.82) is 0 Å². The minimum absolute atomic E-state index is 0. The molecule has 1 aliphatic carbocycles. The molecule has 0 aliphatic heterocycles. The van der Waals surface area contributed by atoms with Gasteiger partial charge in [-0.15, -0.1) is 56.1 Å². The summed E-state index contributed by atoms with van der Waals surface area (Å²) >= 11 is 0. The Morgan fingerprint density at radius 1 is 0.574 bits per heavy atom. The van der Waals surface area contributed by atoms with Crippen LogP contribution >= 0.6 is 0 Å². The van der Waals surface area contributed by atoms with E-state index in [1.54, 1.807) is 27.3 Å². The van der Waals surface area contributed by atoms with E-state index >= 15 is 0 Å². The van der Waals surface area contributed by atoms with Crippen LogP contribution in [0.5, 0.6) is 5.75 Å². The van der Waals surface area contributed by atoms with E-state index in [1.807, 2.05) is 7.11 Å². The predicted molar refractivity (Wildman–Crippen MR) is 269 cm³/mol. The number of benzene rings is 4. The fourth-order valence-corrected chi connectivity index (χ4v) is 11.4. The smallest absolute Gasteiger partial charge is 0.498 e. The molecule has 61 heavy (non-hydrogen) atoms. The van der Waals surface area contributed by atoms with Crippen molar-refractivity contribution in [3.05, 3.63) is 117 Å². The molecule has 7 rings (SSSR count). The molecule has 323 valence electrons. The second-order valence-electron chi connectivity index (χ2n) is 23.5. The van der Waals surface area contributed by atoms with Crippen LogP contribution < -0.4 is 9.92 Å². The first-order valence-electron chi connectivity index (χ1n) is 22.7. The van der Waals surface area contributed by atoms with Crippen molar-refractivity contribution in [3.63, 3.8) is 0 Å². The molecule has 0 saturated carbocycles. The average Bonchev–Trinajstić information content (AvgIpc) is 3.82. The number of fused-ring (bicyclic) bond motifs is 3. The molecule has 1 aliphatic rings. The van der Waals surface area contributed by atoms with E-state index < -0.39 is 8.80 Å². The Bertz CT molecular complexity index is 2550. The van der Waals surface area contributed by atoms with Gasteiger partial charge < -0.3 is 4.74 Å². The molecule has 6 aromatic carbocycles. The van der Waals surface area contributed by atoms with Gasteiger partial charge >= 0.3 is 26.2 Å². The molecule has 0 atom stereocenters. The number of hydrogen-bond acceptors (Lipinski definition) is 1. The molecular weight excluding hydrogens is 832 g/mol. The zero-order chi connectivity index (χ0) is 44.7. The van der Waals surface area contributed by atoms with Gasteiger partial charge in [-0.2, -0.15) is 12.1 Å². The molecule has 6 aromatic rings. The monoisotopic (exact) mass is 907 g/mol. The SMILES string of the molecule is COc1c(C(C)(C)C)cc2[cH-]c(C)cc2c1-c1ccc(C(C)(C)C)cc1C(C)(C)C.Cc1cc2c(-c3ccc(C(C)(C)C)cc3C(C)(C)C)c3c(cc2[c-]1[Si](C)C)CCC3.[Zr+2]. The summed E-state index contributed by atoms with van der Waals surface area (Å²) in [6.07, 6.45) is 3.76. The topological polar surface area (TPSA) is 9.23 Å². The molecule has 0 N–H and O–H groups in total. The van der Waals surface area contributed by atoms with Gasteiger partial charge in [0.2, 0.25) is 0 Å². The molecule has 0 aromatic heterocycles. The van der Waals surface area contributed by atoms with E-state index in [0.717, 1.165) is 5.75 Å². The third-order valence-electron chi connectivity index (χ3n) is 13.0. The molecule has 0 spiro atoms. The van der Waals surface area contributed by atoms with E-state index in [0.29, 0.717) is 0 Å². The minimum Gasteiger partial charge on any atom is -0.498 e. The summed E-state index contributed by atoms with van der Waals surface area (Å²) in [5, 5.41) is 7.28. The summed E-state index contributed by atoms with van der Waals surface area (Å²) in [6.45, 7) is 44.1. The Hall–Kier alpha value is -3.00. The van der Waals surface area contributed by atoms with E-state index in [2.05, 4.69) is 198 Å². The maximum atomic E-state index is 6.14.